The number of likely N-dealkylation sites (N-methyl/N-ethyl adjacent to an activating group) is 1. The molecular formula is C6H13NO. The first-order valence-corrected chi connectivity index (χ1v) is 3.04. The molecule has 0 bridgehead atoms. The Labute approximate surface area is 50.2 Å². The van der Waals surface area contributed by atoms with E-state index in [1.165, 1.54) is 0 Å². The van der Waals surface area contributed by atoms with Gasteiger partial charge in [0.15, 0.2) is 0 Å². The Morgan fingerprint density at radius 3 is 2.12 bits per heavy atom. The zero-order valence-electron chi connectivity index (χ0n) is 5.69. The monoisotopic (exact) mass is 115 g/mol. The first kappa shape index (κ1) is 6.05. The van der Waals surface area contributed by atoms with Gasteiger partial charge in [0.1, 0.15) is 5.72 Å². The normalized spacial score (nSPS) is 36.0. The van der Waals surface area contributed by atoms with Crippen molar-refractivity contribution in [2.75, 3.05) is 13.7 Å². The van der Waals surface area contributed by atoms with E-state index in [-0.39, 0.29) is 5.72 Å². The summed E-state index contributed by atoms with van der Waals surface area (Å²) in [5.41, 5.74) is 0.0417. The van der Waals surface area contributed by atoms with Gasteiger partial charge in [-0.3, -0.25) is 5.32 Å². The van der Waals surface area contributed by atoms with E-state index in [2.05, 4.69) is 19.2 Å². The molecule has 0 aromatic heterocycles. The summed E-state index contributed by atoms with van der Waals surface area (Å²) in [5, 5.41) is 3.13. The van der Waals surface area contributed by atoms with Crippen molar-refractivity contribution in [3.05, 3.63) is 0 Å². The summed E-state index contributed by atoms with van der Waals surface area (Å²) in [6.45, 7) is 5.19. The molecule has 0 aliphatic carbocycles. The zero-order chi connectivity index (χ0) is 6.20. The first-order valence-electron chi connectivity index (χ1n) is 3.04. The number of nitrogens with one attached hydrogen (secondary N) is 1. The molecule has 2 nitrogen and oxygen atoms in total. The maximum atomic E-state index is 5.20. The molecule has 48 valence electrons. The molecule has 1 saturated heterocycles. The third-order valence-corrected chi connectivity index (χ3v) is 1.81. The molecule has 1 heterocycles. The summed E-state index contributed by atoms with van der Waals surface area (Å²) in [6, 6.07) is 0. The molecule has 1 atom stereocenters. The van der Waals surface area contributed by atoms with Crippen molar-refractivity contribution in [1.82, 2.24) is 5.32 Å². The van der Waals surface area contributed by atoms with E-state index in [1.54, 1.807) is 0 Å². The van der Waals surface area contributed by atoms with Crippen molar-refractivity contribution in [2.24, 2.45) is 5.92 Å². The van der Waals surface area contributed by atoms with Crippen LogP contribution in [0.25, 0.3) is 0 Å². The number of rotatable bonds is 2. The summed E-state index contributed by atoms with van der Waals surface area (Å²) >= 11 is 0. The lowest BCUT2D eigenvalue weighted by Gasteiger charge is -2.13. The Morgan fingerprint density at radius 2 is 2.12 bits per heavy atom. The summed E-state index contributed by atoms with van der Waals surface area (Å²) in [5.74, 6) is 0.590. The highest BCUT2D eigenvalue weighted by Crippen LogP contribution is 2.30. The Morgan fingerprint density at radius 1 is 1.62 bits per heavy atom. The van der Waals surface area contributed by atoms with Gasteiger partial charge in [0.2, 0.25) is 0 Å². The lowest BCUT2D eigenvalue weighted by molar-refractivity contribution is 0.207. The topological polar surface area (TPSA) is 24.6 Å². The number of epoxide rings is 1. The Bertz CT molecular complexity index is 86.5. The minimum atomic E-state index is 0.0417. The molecular weight excluding hydrogens is 102 g/mol. The van der Waals surface area contributed by atoms with Crippen LogP contribution < -0.4 is 5.32 Å². The van der Waals surface area contributed by atoms with Crippen LogP contribution in [0, 0.1) is 5.92 Å². The number of hydrogen-bond acceptors (Lipinski definition) is 2. The van der Waals surface area contributed by atoms with Crippen LogP contribution in [-0.4, -0.2) is 19.4 Å². The van der Waals surface area contributed by atoms with Crippen LogP contribution in [-0.2, 0) is 4.74 Å². The fraction of sp³-hybridized carbons (Fsp3) is 1.00. The van der Waals surface area contributed by atoms with Crippen molar-refractivity contribution in [2.45, 2.75) is 19.6 Å². The highest BCUT2D eigenvalue weighted by molar-refractivity contribution is 4.90. The van der Waals surface area contributed by atoms with E-state index >= 15 is 0 Å². The van der Waals surface area contributed by atoms with Crippen molar-refractivity contribution in [3.63, 3.8) is 0 Å². The van der Waals surface area contributed by atoms with Gasteiger partial charge in [-0.15, -0.1) is 0 Å². The number of ether oxygens (including phenoxy) is 1. The largest absolute Gasteiger partial charge is 0.353 e. The van der Waals surface area contributed by atoms with Gasteiger partial charge in [-0.2, -0.15) is 0 Å². The maximum absolute atomic E-state index is 5.20. The van der Waals surface area contributed by atoms with Gasteiger partial charge in [-0.25, -0.2) is 0 Å². The molecule has 0 saturated carbocycles. The molecule has 1 N–H and O–H groups in total. The maximum Gasteiger partial charge on any atom is 0.145 e. The van der Waals surface area contributed by atoms with Crippen LogP contribution >= 0.6 is 0 Å². The van der Waals surface area contributed by atoms with Crippen molar-refractivity contribution < 1.29 is 4.74 Å². The summed E-state index contributed by atoms with van der Waals surface area (Å²) in [7, 11) is 1.94. The van der Waals surface area contributed by atoms with Crippen LogP contribution in [0.1, 0.15) is 13.8 Å². The predicted molar refractivity (Wildman–Crippen MR) is 32.6 cm³/mol. The van der Waals surface area contributed by atoms with Crippen molar-refractivity contribution in [1.29, 1.82) is 0 Å². The Hall–Kier alpha value is -0.0800. The fourth-order valence-corrected chi connectivity index (χ4v) is 0.844. The second-order valence-corrected chi connectivity index (χ2v) is 2.58. The molecule has 0 aromatic rings. The average molecular weight is 115 g/mol. The van der Waals surface area contributed by atoms with E-state index < -0.39 is 0 Å². The van der Waals surface area contributed by atoms with Gasteiger partial charge in [-0.05, 0) is 13.0 Å². The Kier molecular flexibility index (Phi) is 1.29. The smallest absolute Gasteiger partial charge is 0.145 e. The van der Waals surface area contributed by atoms with Crippen LogP contribution in [0.5, 0.6) is 0 Å². The molecule has 0 spiro atoms. The third kappa shape index (κ3) is 0.740. The SMILES string of the molecule is CNC1(C(C)C)CO1. The van der Waals surface area contributed by atoms with Gasteiger partial charge < -0.3 is 4.74 Å². The van der Waals surface area contributed by atoms with E-state index in [0.29, 0.717) is 5.92 Å². The van der Waals surface area contributed by atoms with Gasteiger partial charge >= 0.3 is 0 Å². The van der Waals surface area contributed by atoms with Gasteiger partial charge in [0.05, 0.1) is 6.61 Å². The minimum Gasteiger partial charge on any atom is -0.353 e. The number of hydrogen-bond donors (Lipinski definition) is 1. The van der Waals surface area contributed by atoms with Crippen LogP contribution in [0.15, 0.2) is 0 Å². The van der Waals surface area contributed by atoms with Crippen LogP contribution in [0.2, 0.25) is 0 Å². The van der Waals surface area contributed by atoms with Gasteiger partial charge in [0.25, 0.3) is 0 Å². The molecule has 1 aliphatic rings. The molecule has 0 radical (unpaired) electrons. The van der Waals surface area contributed by atoms with Crippen LogP contribution in [0.3, 0.4) is 0 Å². The molecule has 0 amide bonds. The average Bonchev–Trinajstić information content (AvgIpc) is 2.44. The molecule has 1 fully saturated rings. The first-order chi connectivity index (χ1) is 3.71. The minimum absolute atomic E-state index is 0.0417. The van der Waals surface area contributed by atoms with Crippen molar-refractivity contribution in [3.8, 4) is 0 Å². The van der Waals surface area contributed by atoms with Crippen LogP contribution in [0.4, 0.5) is 0 Å². The van der Waals surface area contributed by atoms with Gasteiger partial charge in [0, 0.05) is 0 Å². The highest BCUT2D eigenvalue weighted by Gasteiger charge is 2.45. The summed E-state index contributed by atoms with van der Waals surface area (Å²) in [4.78, 5) is 0. The van der Waals surface area contributed by atoms with E-state index in [1.807, 2.05) is 7.05 Å². The molecule has 1 rings (SSSR count). The molecule has 2 heteroatoms. The molecule has 1 unspecified atom stereocenters. The lowest BCUT2D eigenvalue weighted by Crippen LogP contribution is -2.34. The second kappa shape index (κ2) is 1.71. The quantitative estimate of drug-likeness (QED) is 0.533. The Balaban J connectivity index is 2.41. The summed E-state index contributed by atoms with van der Waals surface area (Å²) in [6.07, 6.45) is 0. The predicted octanol–water partition coefficient (Wildman–Crippen LogP) is 0.588. The standard InChI is InChI=1S/C6H13NO/c1-5(2)6(7-3)4-8-6/h5,7H,4H2,1-3H3. The highest BCUT2D eigenvalue weighted by atomic mass is 16.6. The fourth-order valence-electron chi connectivity index (χ4n) is 0.844. The van der Waals surface area contributed by atoms with Crippen molar-refractivity contribution >= 4 is 0 Å². The van der Waals surface area contributed by atoms with E-state index in [0.717, 1.165) is 6.61 Å². The lowest BCUT2D eigenvalue weighted by atomic mass is 10.1. The third-order valence-electron chi connectivity index (χ3n) is 1.81. The molecule has 1 aliphatic heterocycles. The van der Waals surface area contributed by atoms with E-state index in [4.69, 9.17) is 4.74 Å². The molecule has 8 heavy (non-hydrogen) atoms. The second-order valence-electron chi connectivity index (χ2n) is 2.58. The van der Waals surface area contributed by atoms with E-state index in [9.17, 15) is 0 Å². The zero-order valence-corrected chi connectivity index (χ0v) is 5.69. The van der Waals surface area contributed by atoms with Gasteiger partial charge in [-0.1, -0.05) is 13.8 Å². The molecule has 0 aromatic carbocycles. The summed E-state index contributed by atoms with van der Waals surface area (Å²) < 4.78 is 5.20.